The van der Waals surface area contributed by atoms with Crippen LogP contribution in [0.2, 0.25) is 0 Å². The molecule has 1 nitrogen and oxygen atoms in total. The van der Waals surface area contributed by atoms with E-state index in [2.05, 4.69) is 24.0 Å². The molecule has 9 heavy (non-hydrogen) atoms. The summed E-state index contributed by atoms with van der Waals surface area (Å²) in [4.78, 5) is 2.49. The fourth-order valence-electron chi connectivity index (χ4n) is 1.18. The Morgan fingerprint density at radius 1 is 1.22 bits per heavy atom. The van der Waals surface area contributed by atoms with Gasteiger partial charge in [0.25, 0.3) is 0 Å². The molecule has 0 saturated heterocycles. The minimum absolute atomic E-state index is 1.21. The second-order valence-electron chi connectivity index (χ2n) is 2.48. The first-order valence-electron chi connectivity index (χ1n) is 3.81. The quantitative estimate of drug-likeness (QED) is 0.482. The first-order valence-corrected chi connectivity index (χ1v) is 3.81. The lowest BCUT2D eigenvalue weighted by molar-refractivity contribution is 0.305. The normalized spacial score (nSPS) is 21.9. The van der Waals surface area contributed by atoms with E-state index >= 15 is 0 Å². The van der Waals surface area contributed by atoms with Gasteiger partial charge in [-0.3, -0.25) is 0 Å². The van der Waals surface area contributed by atoms with Crippen LogP contribution in [0.1, 0.15) is 19.8 Å². The topological polar surface area (TPSA) is 3.24 Å². The summed E-state index contributed by atoms with van der Waals surface area (Å²) in [5, 5.41) is 0. The Labute approximate surface area is 57.4 Å². The van der Waals surface area contributed by atoms with Gasteiger partial charge in [-0.05, 0) is 19.4 Å². The molecule has 0 aromatic heterocycles. The van der Waals surface area contributed by atoms with E-state index in [1.807, 2.05) is 0 Å². The fraction of sp³-hybridized carbons (Fsp3) is 0.750. The van der Waals surface area contributed by atoms with Gasteiger partial charge < -0.3 is 4.90 Å². The summed E-state index contributed by atoms with van der Waals surface area (Å²) in [5.74, 6) is 0. The molecule has 0 amide bonds. The molecule has 52 valence electrons. The Bertz CT molecular complexity index is 86.7. The molecule has 1 heteroatoms. The van der Waals surface area contributed by atoms with Gasteiger partial charge in [-0.15, -0.1) is 0 Å². The van der Waals surface area contributed by atoms with E-state index < -0.39 is 0 Å². The summed E-state index contributed by atoms with van der Waals surface area (Å²) in [6, 6.07) is 0. The SMILES string of the molecule is CCN1CCC=CCC1. The van der Waals surface area contributed by atoms with Crippen LogP contribution in [0.25, 0.3) is 0 Å². The summed E-state index contributed by atoms with van der Waals surface area (Å²) < 4.78 is 0. The van der Waals surface area contributed by atoms with Crippen molar-refractivity contribution in [2.75, 3.05) is 19.6 Å². The van der Waals surface area contributed by atoms with Crippen LogP contribution < -0.4 is 0 Å². The molecule has 0 atom stereocenters. The third kappa shape index (κ3) is 2.19. The van der Waals surface area contributed by atoms with Crippen molar-refractivity contribution in [1.82, 2.24) is 4.90 Å². The van der Waals surface area contributed by atoms with E-state index in [0.717, 1.165) is 0 Å². The minimum atomic E-state index is 1.21. The predicted octanol–water partition coefficient (Wildman–Crippen LogP) is 1.66. The lowest BCUT2D eigenvalue weighted by Crippen LogP contribution is -2.23. The van der Waals surface area contributed by atoms with Crippen molar-refractivity contribution in [2.24, 2.45) is 0 Å². The van der Waals surface area contributed by atoms with E-state index in [-0.39, 0.29) is 0 Å². The van der Waals surface area contributed by atoms with Crippen molar-refractivity contribution in [3.63, 3.8) is 0 Å². The maximum absolute atomic E-state index is 2.49. The van der Waals surface area contributed by atoms with Gasteiger partial charge in [0, 0.05) is 13.1 Å². The summed E-state index contributed by atoms with van der Waals surface area (Å²) in [5.41, 5.74) is 0. The maximum atomic E-state index is 2.49. The van der Waals surface area contributed by atoms with E-state index in [0.29, 0.717) is 0 Å². The lowest BCUT2D eigenvalue weighted by atomic mass is 10.4. The van der Waals surface area contributed by atoms with E-state index in [1.165, 1.54) is 32.5 Å². The van der Waals surface area contributed by atoms with Crippen molar-refractivity contribution in [3.8, 4) is 0 Å². The number of hydrogen-bond donors (Lipinski definition) is 0. The Morgan fingerprint density at radius 3 is 2.22 bits per heavy atom. The van der Waals surface area contributed by atoms with Crippen molar-refractivity contribution in [2.45, 2.75) is 19.8 Å². The Balaban J connectivity index is 2.26. The highest BCUT2D eigenvalue weighted by molar-refractivity contribution is 4.86. The molecule has 0 aromatic carbocycles. The molecule has 0 spiro atoms. The van der Waals surface area contributed by atoms with Crippen LogP contribution >= 0.6 is 0 Å². The van der Waals surface area contributed by atoms with Crippen molar-refractivity contribution in [1.29, 1.82) is 0 Å². The van der Waals surface area contributed by atoms with Gasteiger partial charge in [0.05, 0.1) is 0 Å². The fourth-order valence-corrected chi connectivity index (χ4v) is 1.18. The summed E-state index contributed by atoms with van der Waals surface area (Å²) in [7, 11) is 0. The van der Waals surface area contributed by atoms with E-state index in [4.69, 9.17) is 0 Å². The van der Waals surface area contributed by atoms with Crippen LogP contribution in [0.5, 0.6) is 0 Å². The zero-order chi connectivity index (χ0) is 6.53. The third-order valence-corrected chi connectivity index (χ3v) is 1.84. The molecule has 0 radical (unpaired) electrons. The van der Waals surface area contributed by atoms with Gasteiger partial charge in [0.15, 0.2) is 0 Å². The standard InChI is InChI=1S/C8H15N/c1-2-9-7-5-3-4-6-8-9/h3-4H,2,5-8H2,1H3. The van der Waals surface area contributed by atoms with Crippen LogP contribution in [0.4, 0.5) is 0 Å². The number of nitrogens with zero attached hydrogens (tertiary/aromatic N) is 1. The average molecular weight is 125 g/mol. The first kappa shape index (κ1) is 6.81. The smallest absolute Gasteiger partial charge is 0.00159 e. The number of rotatable bonds is 1. The van der Waals surface area contributed by atoms with Crippen LogP contribution in [-0.4, -0.2) is 24.5 Å². The van der Waals surface area contributed by atoms with Gasteiger partial charge in [-0.2, -0.15) is 0 Å². The monoisotopic (exact) mass is 125 g/mol. The second-order valence-corrected chi connectivity index (χ2v) is 2.48. The summed E-state index contributed by atoms with van der Waals surface area (Å²) in [6.45, 7) is 5.95. The second kappa shape index (κ2) is 3.67. The van der Waals surface area contributed by atoms with Gasteiger partial charge in [-0.25, -0.2) is 0 Å². The highest BCUT2D eigenvalue weighted by Gasteiger charge is 2.00. The molecular formula is C8H15N. The molecule has 0 N–H and O–H groups in total. The molecule has 0 aliphatic carbocycles. The minimum Gasteiger partial charge on any atom is -0.303 e. The molecule has 1 rings (SSSR count). The molecule has 0 bridgehead atoms. The molecular weight excluding hydrogens is 110 g/mol. The predicted molar refractivity (Wildman–Crippen MR) is 40.5 cm³/mol. The van der Waals surface area contributed by atoms with Gasteiger partial charge in [-0.1, -0.05) is 19.1 Å². The molecule has 0 saturated carbocycles. The van der Waals surface area contributed by atoms with E-state index in [9.17, 15) is 0 Å². The molecule has 1 aliphatic heterocycles. The van der Waals surface area contributed by atoms with Gasteiger partial charge in [0.2, 0.25) is 0 Å². The Morgan fingerprint density at radius 2 is 1.78 bits per heavy atom. The highest BCUT2D eigenvalue weighted by Crippen LogP contribution is 2.00. The third-order valence-electron chi connectivity index (χ3n) is 1.84. The van der Waals surface area contributed by atoms with Gasteiger partial charge in [0.1, 0.15) is 0 Å². The maximum Gasteiger partial charge on any atom is 0.00159 e. The van der Waals surface area contributed by atoms with Crippen molar-refractivity contribution in [3.05, 3.63) is 12.2 Å². The molecule has 0 unspecified atom stereocenters. The first-order chi connectivity index (χ1) is 4.43. The van der Waals surface area contributed by atoms with Crippen LogP contribution in [0, 0.1) is 0 Å². The molecule has 1 aliphatic rings. The highest BCUT2D eigenvalue weighted by atomic mass is 15.1. The van der Waals surface area contributed by atoms with Gasteiger partial charge >= 0.3 is 0 Å². The van der Waals surface area contributed by atoms with Crippen LogP contribution in [0.3, 0.4) is 0 Å². The lowest BCUT2D eigenvalue weighted by Gasteiger charge is -2.15. The van der Waals surface area contributed by atoms with Crippen molar-refractivity contribution >= 4 is 0 Å². The van der Waals surface area contributed by atoms with Crippen LogP contribution in [0.15, 0.2) is 12.2 Å². The van der Waals surface area contributed by atoms with E-state index in [1.54, 1.807) is 0 Å². The molecule has 0 fully saturated rings. The average Bonchev–Trinajstić information content (AvgIpc) is 2.13. The zero-order valence-corrected chi connectivity index (χ0v) is 6.14. The molecule has 0 aromatic rings. The Kier molecular flexibility index (Phi) is 2.78. The summed E-state index contributed by atoms with van der Waals surface area (Å²) >= 11 is 0. The zero-order valence-electron chi connectivity index (χ0n) is 6.14. The summed E-state index contributed by atoms with van der Waals surface area (Å²) in [6.07, 6.45) is 7.06. The molecule has 1 heterocycles. The van der Waals surface area contributed by atoms with Crippen LogP contribution in [-0.2, 0) is 0 Å². The number of hydrogen-bond acceptors (Lipinski definition) is 1. The largest absolute Gasteiger partial charge is 0.303 e. The Hall–Kier alpha value is -0.300. The van der Waals surface area contributed by atoms with Crippen molar-refractivity contribution < 1.29 is 0 Å².